The molecule has 1 N–H and O–H groups in total. The summed E-state index contributed by atoms with van der Waals surface area (Å²) in [5, 5.41) is 3.66. The Morgan fingerprint density at radius 3 is 2.38 bits per heavy atom. The molecule has 2 saturated carbocycles. The summed E-state index contributed by atoms with van der Waals surface area (Å²) >= 11 is 0. The summed E-state index contributed by atoms with van der Waals surface area (Å²) in [6, 6.07) is 0.660. The maximum absolute atomic E-state index is 3.66. The van der Waals surface area contributed by atoms with Gasteiger partial charge in [0.1, 0.15) is 0 Å². The first-order valence-electron chi connectivity index (χ1n) is 7.50. The highest BCUT2D eigenvalue weighted by atomic mass is 14.9. The lowest BCUT2D eigenvalue weighted by Gasteiger charge is -2.32. The summed E-state index contributed by atoms with van der Waals surface area (Å²) in [6.45, 7) is 5.81. The Bertz CT molecular complexity index is 194. The monoisotopic (exact) mass is 223 g/mol. The Kier molecular flexibility index (Phi) is 4.69. The minimum atomic E-state index is 0.660. The highest BCUT2D eigenvalue weighted by molar-refractivity contribution is 4.85. The maximum Gasteiger partial charge on any atom is 0.00104 e. The molecule has 0 aromatic carbocycles. The SMILES string of the molecule is CC(C)NCC1CCCC1C1CCCCC1. The van der Waals surface area contributed by atoms with Gasteiger partial charge in [0.05, 0.1) is 0 Å². The van der Waals surface area contributed by atoms with E-state index in [4.69, 9.17) is 0 Å². The molecule has 0 aliphatic heterocycles. The van der Waals surface area contributed by atoms with E-state index in [2.05, 4.69) is 19.2 Å². The predicted molar refractivity (Wildman–Crippen MR) is 70.5 cm³/mol. The van der Waals surface area contributed by atoms with E-state index in [0.29, 0.717) is 6.04 Å². The van der Waals surface area contributed by atoms with Crippen molar-refractivity contribution in [1.29, 1.82) is 0 Å². The average Bonchev–Trinajstić information content (AvgIpc) is 2.75. The van der Waals surface area contributed by atoms with Crippen molar-refractivity contribution in [1.82, 2.24) is 5.32 Å². The van der Waals surface area contributed by atoms with Crippen LogP contribution in [0.15, 0.2) is 0 Å². The number of rotatable bonds is 4. The van der Waals surface area contributed by atoms with E-state index in [0.717, 1.165) is 17.8 Å². The summed E-state index contributed by atoms with van der Waals surface area (Å²) in [7, 11) is 0. The largest absolute Gasteiger partial charge is 0.314 e. The van der Waals surface area contributed by atoms with Crippen LogP contribution in [-0.4, -0.2) is 12.6 Å². The van der Waals surface area contributed by atoms with Gasteiger partial charge in [-0.15, -0.1) is 0 Å². The molecule has 1 nitrogen and oxygen atoms in total. The van der Waals surface area contributed by atoms with Crippen molar-refractivity contribution >= 4 is 0 Å². The van der Waals surface area contributed by atoms with E-state index in [9.17, 15) is 0 Å². The Morgan fingerprint density at radius 2 is 1.69 bits per heavy atom. The Balaban J connectivity index is 1.82. The summed E-state index contributed by atoms with van der Waals surface area (Å²) in [5.74, 6) is 3.13. The lowest BCUT2D eigenvalue weighted by molar-refractivity contribution is 0.197. The van der Waals surface area contributed by atoms with Crippen molar-refractivity contribution in [3.05, 3.63) is 0 Å². The van der Waals surface area contributed by atoms with Crippen LogP contribution < -0.4 is 5.32 Å². The number of hydrogen-bond acceptors (Lipinski definition) is 1. The fourth-order valence-corrected chi connectivity index (χ4v) is 3.89. The zero-order valence-electron chi connectivity index (χ0n) is 11.2. The van der Waals surface area contributed by atoms with E-state index in [-0.39, 0.29) is 0 Å². The van der Waals surface area contributed by atoms with E-state index >= 15 is 0 Å². The molecule has 2 atom stereocenters. The zero-order valence-corrected chi connectivity index (χ0v) is 11.2. The van der Waals surface area contributed by atoms with E-state index in [1.165, 1.54) is 57.9 Å². The second kappa shape index (κ2) is 6.05. The zero-order chi connectivity index (χ0) is 11.4. The third-order valence-electron chi connectivity index (χ3n) is 4.76. The van der Waals surface area contributed by atoms with Gasteiger partial charge in [0.25, 0.3) is 0 Å². The van der Waals surface area contributed by atoms with Crippen LogP contribution >= 0.6 is 0 Å². The quantitative estimate of drug-likeness (QED) is 0.760. The molecular formula is C15H29N. The molecule has 1 heteroatoms. The van der Waals surface area contributed by atoms with Crippen molar-refractivity contribution < 1.29 is 0 Å². The predicted octanol–water partition coefficient (Wildman–Crippen LogP) is 3.98. The Hall–Kier alpha value is -0.0400. The number of nitrogens with one attached hydrogen (secondary N) is 1. The van der Waals surface area contributed by atoms with Gasteiger partial charge in [-0.05, 0) is 37.1 Å². The molecule has 0 amide bonds. The van der Waals surface area contributed by atoms with Crippen LogP contribution in [0.1, 0.15) is 65.2 Å². The first kappa shape index (κ1) is 12.4. The van der Waals surface area contributed by atoms with Crippen LogP contribution in [0.3, 0.4) is 0 Å². The fraction of sp³-hybridized carbons (Fsp3) is 1.00. The Morgan fingerprint density at radius 1 is 0.938 bits per heavy atom. The third-order valence-corrected chi connectivity index (χ3v) is 4.76. The van der Waals surface area contributed by atoms with Crippen molar-refractivity contribution in [2.45, 2.75) is 71.3 Å². The molecule has 2 fully saturated rings. The number of hydrogen-bond donors (Lipinski definition) is 1. The molecule has 2 aliphatic rings. The second-order valence-corrected chi connectivity index (χ2v) is 6.32. The molecular weight excluding hydrogens is 194 g/mol. The summed E-state index contributed by atoms with van der Waals surface area (Å²) in [4.78, 5) is 0. The van der Waals surface area contributed by atoms with E-state index < -0.39 is 0 Å². The summed E-state index contributed by atoms with van der Waals surface area (Å²) in [6.07, 6.45) is 12.1. The summed E-state index contributed by atoms with van der Waals surface area (Å²) in [5.41, 5.74) is 0. The molecule has 2 rings (SSSR count). The minimum absolute atomic E-state index is 0.660. The molecule has 16 heavy (non-hydrogen) atoms. The molecule has 2 unspecified atom stereocenters. The van der Waals surface area contributed by atoms with Crippen LogP contribution in [0.2, 0.25) is 0 Å². The standard InChI is InChI=1S/C15H29N/c1-12(2)16-11-14-9-6-10-15(14)13-7-4-3-5-8-13/h12-16H,3-11H2,1-2H3. The average molecular weight is 223 g/mol. The van der Waals surface area contributed by atoms with Gasteiger partial charge in [-0.3, -0.25) is 0 Å². The molecule has 0 radical (unpaired) electrons. The second-order valence-electron chi connectivity index (χ2n) is 6.32. The van der Waals surface area contributed by atoms with Crippen LogP contribution in [-0.2, 0) is 0 Å². The Labute approximate surface area is 101 Å². The summed E-state index contributed by atoms with van der Waals surface area (Å²) < 4.78 is 0. The maximum atomic E-state index is 3.66. The molecule has 94 valence electrons. The first-order valence-corrected chi connectivity index (χ1v) is 7.50. The van der Waals surface area contributed by atoms with Gasteiger partial charge in [-0.25, -0.2) is 0 Å². The highest BCUT2D eigenvalue weighted by Gasteiger charge is 2.33. The fourth-order valence-electron chi connectivity index (χ4n) is 3.89. The van der Waals surface area contributed by atoms with Gasteiger partial charge >= 0.3 is 0 Å². The van der Waals surface area contributed by atoms with Crippen molar-refractivity contribution in [2.24, 2.45) is 17.8 Å². The van der Waals surface area contributed by atoms with Gasteiger partial charge in [0.2, 0.25) is 0 Å². The van der Waals surface area contributed by atoms with Gasteiger partial charge < -0.3 is 5.32 Å². The molecule has 2 aliphatic carbocycles. The minimum Gasteiger partial charge on any atom is -0.314 e. The van der Waals surface area contributed by atoms with Crippen LogP contribution in [0, 0.1) is 17.8 Å². The lowest BCUT2D eigenvalue weighted by atomic mass is 9.75. The molecule has 0 saturated heterocycles. The van der Waals surface area contributed by atoms with Crippen molar-refractivity contribution in [2.75, 3.05) is 6.54 Å². The first-order chi connectivity index (χ1) is 7.77. The molecule has 0 heterocycles. The van der Waals surface area contributed by atoms with Crippen LogP contribution in [0.25, 0.3) is 0 Å². The molecule has 0 aromatic rings. The van der Waals surface area contributed by atoms with E-state index in [1.54, 1.807) is 0 Å². The van der Waals surface area contributed by atoms with Gasteiger partial charge in [-0.1, -0.05) is 52.4 Å². The van der Waals surface area contributed by atoms with Crippen molar-refractivity contribution in [3.8, 4) is 0 Å². The van der Waals surface area contributed by atoms with E-state index in [1.807, 2.05) is 0 Å². The third kappa shape index (κ3) is 3.23. The van der Waals surface area contributed by atoms with Crippen LogP contribution in [0.4, 0.5) is 0 Å². The van der Waals surface area contributed by atoms with Crippen LogP contribution in [0.5, 0.6) is 0 Å². The molecule has 0 aromatic heterocycles. The van der Waals surface area contributed by atoms with Gasteiger partial charge in [-0.2, -0.15) is 0 Å². The van der Waals surface area contributed by atoms with Crippen molar-refractivity contribution in [3.63, 3.8) is 0 Å². The molecule has 0 bridgehead atoms. The lowest BCUT2D eigenvalue weighted by Crippen LogP contribution is -2.33. The topological polar surface area (TPSA) is 12.0 Å². The highest BCUT2D eigenvalue weighted by Crippen LogP contribution is 2.42. The normalized spacial score (nSPS) is 32.4. The smallest absolute Gasteiger partial charge is 0.00104 e. The van der Waals surface area contributed by atoms with Gasteiger partial charge in [0.15, 0.2) is 0 Å². The molecule has 0 spiro atoms. The van der Waals surface area contributed by atoms with Gasteiger partial charge in [0, 0.05) is 6.04 Å².